The van der Waals surface area contributed by atoms with Gasteiger partial charge in [0.15, 0.2) is 0 Å². The van der Waals surface area contributed by atoms with Gasteiger partial charge in [0, 0.05) is 6.04 Å². The summed E-state index contributed by atoms with van der Waals surface area (Å²) in [5, 5.41) is 4.60. The van der Waals surface area contributed by atoms with E-state index in [9.17, 15) is 0 Å². The van der Waals surface area contributed by atoms with E-state index < -0.39 is 0 Å². The summed E-state index contributed by atoms with van der Waals surface area (Å²) in [6, 6.07) is 9.83. The van der Waals surface area contributed by atoms with E-state index in [1.807, 2.05) is 30.3 Å². The second-order valence-electron chi connectivity index (χ2n) is 4.30. The molecule has 18 heavy (non-hydrogen) atoms. The van der Waals surface area contributed by atoms with Gasteiger partial charge in [-0.25, -0.2) is 0 Å². The molecule has 96 valence electrons. The van der Waals surface area contributed by atoms with E-state index in [2.05, 4.69) is 19.2 Å². The lowest BCUT2D eigenvalue weighted by Gasteiger charge is -2.19. The summed E-state index contributed by atoms with van der Waals surface area (Å²) >= 11 is 11.9. The van der Waals surface area contributed by atoms with E-state index in [1.165, 1.54) is 0 Å². The normalized spacial score (nSPS) is 14.4. The number of hydrogen-bond donors (Lipinski definition) is 1. The van der Waals surface area contributed by atoms with Crippen molar-refractivity contribution in [2.24, 2.45) is 0 Å². The van der Waals surface area contributed by atoms with Crippen molar-refractivity contribution < 1.29 is 4.42 Å². The molecule has 0 aliphatic rings. The average molecular weight is 284 g/mol. The predicted molar refractivity (Wildman–Crippen MR) is 75.1 cm³/mol. The van der Waals surface area contributed by atoms with Crippen LogP contribution in [0.4, 0.5) is 0 Å². The molecular formula is C14H15Cl2NO. The van der Waals surface area contributed by atoms with Crippen molar-refractivity contribution in [3.63, 3.8) is 0 Å². The van der Waals surface area contributed by atoms with Crippen molar-refractivity contribution in [2.45, 2.75) is 25.9 Å². The van der Waals surface area contributed by atoms with Crippen molar-refractivity contribution >= 4 is 23.2 Å². The highest BCUT2D eigenvalue weighted by Crippen LogP contribution is 2.26. The van der Waals surface area contributed by atoms with Gasteiger partial charge in [0.1, 0.15) is 5.76 Å². The lowest BCUT2D eigenvalue weighted by atomic mass is 10.1. The van der Waals surface area contributed by atoms with E-state index >= 15 is 0 Å². The topological polar surface area (TPSA) is 25.2 Å². The molecule has 2 aromatic rings. The standard InChI is InChI=1S/C14H15Cl2NO/c1-9(11-5-6-12(15)13(16)8-11)17-10(2)14-4-3-7-18-14/h3-10,17H,1-2H3/t9?,10-/m1/s1. The molecule has 0 radical (unpaired) electrons. The molecule has 0 aliphatic carbocycles. The van der Waals surface area contributed by atoms with Crippen LogP contribution in [0, 0.1) is 0 Å². The van der Waals surface area contributed by atoms with Crippen LogP contribution in [-0.4, -0.2) is 0 Å². The van der Waals surface area contributed by atoms with Gasteiger partial charge in [0.25, 0.3) is 0 Å². The molecule has 1 heterocycles. The minimum absolute atomic E-state index is 0.143. The second kappa shape index (κ2) is 5.79. The van der Waals surface area contributed by atoms with Crippen LogP contribution < -0.4 is 5.32 Å². The maximum atomic E-state index is 6.02. The molecule has 1 aromatic carbocycles. The predicted octanol–water partition coefficient (Wildman–Crippen LogP) is 5.00. The van der Waals surface area contributed by atoms with Crippen LogP contribution in [0.25, 0.3) is 0 Å². The quantitative estimate of drug-likeness (QED) is 0.854. The minimum Gasteiger partial charge on any atom is -0.468 e. The van der Waals surface area contributed by atoms with Crippen LogP contribution in [-0.2, 0) is 0 Å². The SMILES string of the molecule is CC(N[C@H](C)c1ccco1)c1ccc(Cl)c(Cl)c1. The summed E-state index contributed by atoms with van der Waals surface area (Å²) in [6.07, 6.45) is 1.68. The van der Waals surface area contributed by atoms with E-state index in [1.54, 1.807) is 6.26 Å². The molecule has 0 saturated heterocycles. The third-order valence-electron chi connectivity index (χ3n) is 2.91. The molecule has 1 aromatic heterocycles. The first-order chi connectivity index (χ1) is 8.58. The molecule has 4 heteroatoms. The molecule has 0 amide bonds. The molecule has 0 saturated carbocycles. The Kier molecular flexibility index (Phi) is 4.33. The molecule has 0 spiro atoms. The van der Waals surface area contributed by atoms with E-state index in [0.717, 1.165) is 11.3 Å². The lowest BCUT2D eigenvalue weighted by Crippen LogP contribution is -2.22. The van der Waals surface area contributed by atoms with Gasteiger partial charge < -0.3 is 9.73 Å². The first kappa shape index (κ1) is 13.5. The highest BCUT2D eigenvalue weighted by molar-refractivity contribution is 6.42. The van der Waals surface area contributed by atoms with Crippen LogP contribution in [0.5, 0.6) is 0 Å². The molecule has 0 fully saturated rings. The monoisotopic (exact) mass is 283 g/mol. The van der Waals surface area contributed by atoms with Crippen molar-refractivity contribution in [3.05, 3.63) is 58.0 Å². The van der Waals surface area contributed by atoms with Crippen molar-refractivity contribution in [2.75, 3.05) is 0 Å². The number of rotatable bonds is 4. The van der Waals surface area contributed by atoms with Gasteiger partial charge in [0.2, 0.25) is 0 Å². The average Bonchev–Trinajstić information content (AvgIpc) is 2.86. The molecule has 1 unspecified atom stereocenters. The number of hydrogen-bond acceptors (Lipinski definition) is 2. The van der Waals surface area contributed by atoms with Crippen LogP contribution in [0.2, 0.25) is 10.0 Å². The summed E-state index contributed by atoms with van der Waals surface area (Å²) < 4.78 is 5.37. The zero-order valence-electron chi connectivity index (χ0n) is 10.3. The number of halogens is 2. The fourth-order valence-electron chi connectivity index (χ4n) is 1.87. The molecule has 0 aliphatic heterocycles. The van der Waals surface area contributed by atoms with E-state index in [4.69, 9.17) is 27.6 Å². The van der Waals surface area contributed by atoms with Gasteiger partial charge in [0.05, 0.1) is 22.4 Å². The zero-order valence-corrected chi connectivity index (χ0v) is 11.8. The highest BCUT2D eigenvalue weighted by atomic mass is 35.5. The van der Waals surface area contributed by atoms with Crippen LogP contribution in [0.1, 0.15) is 37.3 Å². The van der Waals surface area contributed by atoms with Gasteiger partial charge in [-0.15, -0.1) is 0 Å². The number of furan rings is 1. The Balaban J connectivity index is 2.07. The fourth-order valence-corrected chi connectivity index (χ4v) is 2.18. The second-order valence-corrected chi connectivity index (χ2v) is 5.11. The van der Waals surface area contributed by atoms with Gasteiger partial charge in [-0.05, 0) is 43.7 Å². The Morgan fingerprint density at radius 2 is 1.83 bits per heavy atom. The number of benzene rings is 1. The maximum absolute atomic E-state index is 6.02. The van der Waals surface area contributed by atoms with Crippen LogP contribution in [0.15, 0.2) is 41.0 Å². The summed E-state index contributed by atoms with van der Waals surface area (Å²) in [5.74, 6) is 0.918. The zero-order chi connectivity index (χ0) is 13.1. The van der Waals surface area contributed by atoms with E-state index in [0.29, 0.717) is 10.0 Å². The molecule has 2 atom stereocenters. The summed E-state index contributed by atoms with van der Waals surface area (Å²) in [5.41, 5.74) is 1.10. The van der Waals surface area contributed by atoms with Gasteiger partial charge in [-0.3, -0.25) is 0 Å². The van der Waals surface area contributed by atoms with Gasteiger partial charge in [-0.1, -0.05) is 29.3 Å². The third-order valence-corrected chi connectivity index (χ3v) is 3.65. The van der Waals surface area contributed by atoms with Crippen LogP contribution >= 0.6 is 23.2 Å². The summed E-state index contributed by atoms with van der Waals surface area (Å²) in [7, 11) is 0. The Hall–Kier alpha value is -0.960. The largest absolute Gasteiger partial charge is 0.468 e. The highest BCUT2D eigenvalue weighted by Gasteiger charge is 2.13. The van der Waals surface area contributed by atoms with Gasteiger partial charge in [-0.2, -0.15) is 0 Å². The summed E-state index contributed by atoms with van der Waals surface area (Å²) in [6.45, 7) is 4.14. The smallest absolute Gasteiger partial charge is 0.120 e. The molecule has 0 bridgehead atoms. The molecule has 2 nitrogen and oxygen atoms in total. The fraction of sp³-hybridized carbons (Fsp3) is 0.286. The Bertz CT molecular complexity index is 511. The third kappa shape index (κ3) is 3.08. The van der Waals surface area contributed by atoms with Crippen molar-refractivity contribution in [1.82, 2.24) is 5.32 Å². The first-order valence-corrected chi connectivity index (χ1v) is 6.58. The van der Waals surface area contributed by atoms with Crippen LogP contribution in [0.3, 0.4) is 0 Å². The Morgan fingerprint density at radius 1 is 1.06 bits per heavy atom. The van der Waals surface area contributed by atoms with Crippen molar-refractivity contribution in [3.8, 4) is 0 Å². The lowest BCUT2D eigenvalue weighted by molar-refractivity contribution is 0.403. The van der Waals surface area contributed by atoms with Gasteiger partial charge >= 0.3 is 0 Å². The summed E-state index contributed by atoms with van der Waals surface area (Å²) in [4.78, 5) is 0. The molecule has 1 N–H and O–H groups in total. The minimum atomic E-state index is 0.143. The Labute approximate surface area is 117 Å². The molecule has 2 rings (SSSR count). The van der Waals surface area contributed by atoms with E-state index in [-0.39, 0.29) is 12.1 Å². The number of nitrogens with one attached hydrogen (secondary N) is 1. The molecular weight excluding hydrogens is 269 g/mol. The Morgan fingerprint density at radius 3 is 2.44 bits per heavy atom. The first-order valence-electron chi connectivity index (χ1n) is 5.82. The maximum Gasteiger partial charge on any atom is 0.120 e. The van der Waals surface area contributed by atoms with Crippen molar-refractivity contribution in [1.29, 1.82) is 0 Å².